The zero-order chi connectivity index (χ0) is 12.3. The summed E-state index contributed by atoms with van der Waals surface area (Å²) in [5.41, 5.74) is 1.25. The van der Waals surface area contributed by atoms with Crippen molar-refractivity contribution in [1.29, 1.82) is 0 Å². The third kappa shape index (κ3) is 3.07. The second kappa shape index (κ2) is 5.64. The van der Waals surface area contributed by atoms with Crippen molar-refractivity contribution < 1.29 is 0 Å². The second-order valence-electron chi connectivity index (χ2n) is 3.88. The maximum atomic E-state index is 4.03. The number of rotatable bonds is 4. The molecule has 0 aliphatic rings. The van der Waals surface area contributed by atoms with E-state index in [1.165, 1.54) is 5.56 Å². The summed E-state index contributed by atoms with van der Waals surface area (Å²) in [6.07, 6.45) is 0. The molecule has 90 valence electrons. The average Bonchev–Trinajstić information content (AvgIpc) is 2.76. The lowest BCUT2D eigenvalue weighted by Gasteiger charge is -2.07. The van der Waals surface area contributed by atoms with Gasteiger partial charge in [0.15, 0.2) is 0 Å². The van der Waals surface area contributed by atoms with E-state index in [9.17, 15) is 0 Å². The number of halogens is 1. The molecule has 0 radical (unpaired) electrons. The Bertz CT molecular complexity index is 498. The topological polar surface area (TPSA) is 43.6 Å². The van der Waals surface area contributed by atoms with Crippen molar-refractivity contribution in [3.8, 4) is 0 Å². The SMILES string of the molecule is CC(C)n1nnnc1SCc1ccccc1Br. The molecule has 0 N–H and O–H groups in total. The highest BCUT2D eigenvalue weighted by atomic mass is 79.9. The van der Waals surface area contributed by atoms with E-state index in [0.29, 0.717) is 0 Å². The van der Waals surface area contributed by atoms with Gasteiger partial charge in [-0.05, 0) is 35.9 Å². The molecule has 17 heavy (non-hydrogen) atoms. The van der Waals surface area contributed by atoms with Crippen LogP contribution in [-0.4, -0.2) is 20.2 Å². The maximum absolute atomic E-state index is 4.03. The molecule has 0 saturated carbocycles. The number of thioether (sulfide) groups is 1. The van der Waals surface area contributed by atoms with Gasteiger partial charge in [-0.1, -0.05) is 45.9 Å². The van der Waals surface area contributed by atoms with E-state index in [2.05, 4.69) is 51.4 Å². The number of tetrazole rings is 1. The van der Waals surface area contributed by atoms with Crippen LogP contribution in [0.1, 0.15) is 25.5 Å². The van der Waals surface area contributed by atoms with E-state index in [1.54, 1.807) is 11.8 Å². The number of aromatic nitrogens is 4. The molecule has 0 atom stereocenters. The van der Waals surface area contributed by atoms with Gasteiger partial charge in [-0.25, -0.2) is 4.68 Å². The van der Waals surface area contributed by atoms with Crippen LogP contribution in [0.4, 0.5) is 0 Å². The van der Waals surface area contributed by atoms with Crippen LogP contribution in [0.15, 0.2) is 33.9 Å². The first-order valence-electron chi connectivity index (χ1n) is 5.32. The number of benzene rings is 1. The molecule has 0 amide bonds. The van der Waals surface area contributed by atoms with Gasteiger partial charge in [-0.15, -0.1) is 5.10 Å². The van der Waals surface area contributed by atoms with Gasteiger partial charge in [0.05, 0.1) is 6.04 Å². The molecule has 1 heterocycles. The zero-order valence-electron chi connectivity index (χ0n) is 9.67. The predicted molar refractivity (Wildman–Crippen MR) is 71.9 cm³/mol. The molecule has 2 rings (SSSR count). The third-order valence-electron chi connectivity index (χ3n) is 2.27. The highest BCUT2D eigenvalue weighted by molar-refractivity contribution is 9.10. The van der Waals surface area contributed by atoms with Crippen LogP contribution < -0.4 is 0 Å². The van der Waals surface area contributed by atoms with E-state index < -0.39 is 0 Å². The Kier molecular flexibility index (Phi) is 4.17. The van der Waals surface area contributed by atoms with Gasteiger partial charge in [0.25, 0.3) is 0 Å². The molecule has 0 bridgehead atoms. The molecule has 1 aromatic heterocycles. The van der Waals surface area contributed by atoms with Gasteiger partial charge < -0.3 is 0 Å². The van der Waals surface area contributed by atoms with Crippen LogP contribution in [0.3, 0.4) is 0 Å². The molecule has 6 heteroatoms. The first-order valence-corrected chi connectivity index (χ1v) is 7.10. The van der Waals surface area contributed by atoms with Crippen LogP contribution in [0.25, 0.3) is 0 Å². The van der Waals surface area contributed by atoms with Crippen molar-refractivity contribution in [3.05, 3.63) is 34.3 Å². The lowest BCUT2D eigenvalue weighted by Crippen LogP contribution is -2.04. The molecule has 1 aromatic carbocycles. The minimum absolute atomic E-state index is 0.284. The van der Waals surface area contributed by atoms with Gasteiger partial charge in [0.1, 0.15) is 0 Å². The standard InChI is InChI=1S/C11H13BrN4S/c1-8(2)16-11(13-14-15-16)17-7-9-5-3-4-6-10(9)12/h3-6,8H,7H2,1-2H3. The van der Waals surface area contributed by atoms with E-state index in [1.807, 2.05) is 22.9 Å². The van der Waals surface area contributed by atoms with Gasteiger partial charge in [-0.2, -0.15) is 0 Å². The molecule has 4 nitrogen and oxygen atoms in total. The lowest BCUT2D eigenvalue weighted by molar-refractivity contribution is 0.477. The molecule has 2 aromatic rings. The Morgan fingerprint density at radius 2 is 2.12 bits per heavy atom. The Hall–Kier alpha value is -0.880. The van der Waals surface area contributed by atoms with Gasteiger partial charge in [0.2, 0.25) is 5.16 Å². The van der Waals surface area contributed by atoms with Crippen molar-refractivity contribution in [2.24, 2.45) is 0 Å². The normalized spacial score (nSPS) is 11.1. The molecule has 0 aliphatic heterocycles. The smallest absolute Gasteiger partial charge is 0.209 e. The van der Waals surface area contributed by atoms with Gasteiger partial charge >= 0.3 is 0 Å². The monoisotopic (exact) mass is 312 g/mol. The largest absolute Gasteiger partial charge is 0.218 e. The number of hydrogen-bond donors (Lipinski definition) is 0. The molecule has 0 spiro atoms. The lowest BCUT2D eigenvalue weighted by atomic mass is 10.2. The second-order valence-corrected chi connectivity index (χ2v) is 5.68. The fraction of sp³-hybridized carbons (Fsp3) is 0.364. The molecule has 0 aliphatic carbocycles. The highest BCUT2D eigenvalue weighted by Crippen LogP contribution is 2.26. The van der Waals surface area contributed by atoms with E-state index in [0.717, 1.165) is 15.4 Å². The minimum atomic E-state index is 0.284. The summed E-state index contributed by atoms with van der Waals surface area (Å²) in [5, 5.41) is 12.6. The zero-order valence-corrected chi connectivity index (χ0v) is 12.1. The first-order chi connectivity index (χ1) is 8.18. The summed E-state index contributed by atoms with van der Waals surface area (Å²) in [5.74, 6) is 0.856. The molecule has 0 saturated heterocycles. The third-order valence-corrected chi connectivity index (χ3v) is 4.02. The Labute approximate surface area is 113 Å². The van der Waals surface area contributed by atoms with Crippen molar-refractivity contribution >= 4 is 27.7 Å². The van der Waals surface area contributed by atoms with Crippen LogP contribution >= 0.6 is 27.7 Å². The first kappa shape index (κ1) is 12.6. The Balaban J connectivity index is 2.08. The predicted octanol–water partition coefficient (Wildman–Crippen LogP) is 3.31. The Morgan fingerprint density at radius 3 is 2.82 bits per heavy atom. The summed E-state index contributed by atoms with van der Waals surface area (Å²) in [6, 6.07) is 8.47. The van der Waals surface area contributed by atoms with Crippen LogP contribution in [0, 0.1) is 0 Å². The molecular formula is C11H13BrN4S. The summed E-state index contributed by atoms with van der Waals surface area (Å²) >= 11 is 5.18. The van der Waals surface area contributed by atoms with E-state index in [-0.39, 0.29) is 6.04 Å². The summed E-state index contributed by atoms with van der Waals surface area (Å²) in [7, 11) is 0. The quantitative estimate of drug-likeness (QED) is 0.812. The van der Waals surface area contributed by atoms with Crippen molar-refractivity contribution in [1.82, 2.24) is 20.2 Å². The summed E-state index contributed by atoms with van der Waals surface area (Å²) < 4.78 is 2.96. The van der Waals surface area contributed by atoms with E-state index >= 15 is 0 Å². The maximum Gasteiger partial charge on any atom is 0.209 e. The van der Waals surface area contributed by atoms with Crippen LogP contribution in [0.5, 0.6) is 0 Å². The summed E-state index contributed by atoms with van der Waals surface area (Å²) in [4.78, 5) is 0. The molecule has 0 unspecified atom stereocenters. The molecule has 0 fully saturated rings. The fourth-order valence-corrected chi connectivity index (χ4v) is 2.98. The minimum Gasteiger partial charge on any atom is -0.218 e. The fourth-order valence-electron chi connectivity index (χ4n) is 1.36. The van der Waals surface area contributed by atoms with Crippen molar-refractivity contribution in [2.75, 3.05) is 0 Å². The Morgan fingerprint density at radius 1 is 1.35 bits per heavy atom. The van der Waals surface area contributed by atoms with Gasteiger partial charge in [0, 0.05) is 10.2 Å². The average molecular weight is 313 g/mol. The van der Waals surface area contributed by atoms with Crippen LogP contribution in [0.2, 0.25) is 0 Å². The number of nitrogens with zero attached hydrogens (tertiary/aromatic N) is 4. The number of hydrogen-bond acceptors (Lipinski definition) is 4. The van der Waals surface area contributed by atoms with Crippen molar-refractivity contribution in [2.45, 2.75) is 30.8 Å². The molecular weight excluding hydrogens is 300 g/mol. The van der Waals surface area contributed by atoms with E-state index in [4.69, 9.17) is 0 Å². The van der Waals surface area contributed by atoms with Gasteiger partial charge in [-0.3, -0.25) is 0 Å². The van der Waals surface area contributed by atoms with Crippen LogP contribution in [-0.2, 0) is 5.75 Å². The highest BCUT2D eigenvalue weighted by Gasteiger charge is 2.10. The van der Waals surface area contributed by atoms with Crippen molar-refractivity contribution in [3.63, 3.8) is 0 Å². The summed E-state index contributed by atoms with van der Waals surface area (Å²) in [6.45, 7) is 4.14.